The van der Waals surface area contributed by atoms with Gasteiger partial charge in [-0.25, -0.2) is 9.97 Å². The summed E-state index contributed by atoms with van der Waals surface area (Å²) in [6, 6.07) is 51.3. The minimum atomic E-state index is -0.237. The molecule has 0 bridgehead atoms. The summed E-state index contributed by atoms with van der Waals surface area (Å²) in [4.78, 5) is 11.5. The van der Waals surface area contributed by atoms with Crippen LogP contribution < -0.4 is 16.4 Å². The number of hydrogen-bond acceptors (Lipinski definition) is 2. The maximum absolute atomic E-state index is 5.77. The minimum absolute atomic E-state index is 0.0493. The van der Waals surface area contributed by atoms with Gasteiger partial charge in [-0.3, -0.25) is 9.13 Å². The predicted molar refractivity (Wildman–Crippen MR) is 246 cm³/mol. The molecule has 0 unspecified atom stereocenters. The van der Waals surface area contributed by atoms with Gasteiger partial charge in [0.15, 0.2) is 0 Å². The van der Waals surface area contributed by atoms with Crippen LogP contribution in [0.3, 0.4) is 0 Å². The highest BCUT2D eigenvalue weighted by Crippen LogP contribution is 2.44. The summed E-state index contributed by atoms with van der Waals surface area (Å²) in [7, 11) is 0. The molecule has 2 aliphatic rings. The fourth-order valence-electron chi connectivity index (χ4n) is 10.8. The molecule has 0 N–H and O–H groups in total. The Balaban J connectivity index is 1.26. The van der Waals surface area contributed by atoms with Crippen molar-refractivity contribution < 1.29 is 0 Å². The van der Waals surface area contributed by atoms with Crippen LogP contribution in [-0.2, 0) is 10.8 Å². The van der Waals surface area contributed by atoms with Gasteiger partial charge in [-0.2, -0.15) is 0 Å². The minimum Gasteiger partial charge on any atom is -0.307 e. The highest BCUT2D eigenvalue weighted by molar-refractivity contribution is 7.00. The van der Waals surface area contributed by atoms with E-state index in [0.717, 1.165) is 45.1 Å². The molecule has 0 fully saturated rings. The molecule has 13 rings (SSSR count). The lowest BCUT2D eigenvalue weighted by Crippen LogP contribution is -2.59. The molecule has 0 spiro atoms. The molecule has 6 nitrogen and oxygen atoms in total. The van der Waals surface area contributed by atoms with Crippen molar-refractivity contribution in [3.05, 3.63) is 151 Å². The lowest BCUT2D eigenvalue weighted by atomic mass is 9.34. The lowest BCUT2D eigenvalue weighted by Gasteiger charge is -2.35. The first-order valence-corrected chi connectivity index (χ1v) is 20.8. The molecule has 0 aliphatic carbocycles. The van der Waals surface area contributed by atoms with E-state index in [-0.39, 0.29) is 17.5 Å². The van der Waals surface area contributed by atoms with E-state index in [1.807, 2.05) is 0 Å². The van der Waals surface area contributed by atoms with Crippen LogP contribution >= 0.6 is 0 Å². The Morgan fingerprint density at radius 2 is 0.814 bits per heavy atom. The van der Waals surface area contributed by atoms with Gasteiger partial charge >= 0.3 is 0 Å². The van der Waals surface area contributed by atoms with Gasteiger partial charge in [-0.15, -0.1) is 0 Å². The molecule has 0 atom stereocenters. The first kappa shape index (κ1) is 33.2. The molecule has 6 heterocycles. The Morgan fingerprint density at radius 3 is 1.24 bits per heavy atom. The SMILES string of the molecule is CC(C)(C)c1nc2c3c(cc4c5ccccc5n(-c5ccccc5)c42)B2c4c(cccc4-n4c(C(C)(C)C)nc5c4c2cc2c4ccccc4n(-c4ccccc4)c25)-n13. The molecule has 4 aromatic heterocycles. The number of benzene rings is 7. The van der Waals surface area contributed by atoms with Gasteiger partial charge in [0.25, 0.3) is 6.71 Å². The Bertz CT molecular complexity index is 3390. The molecule has 282 valence electrons. The second kappa shape index (κ2) is 11.0. The Kier molecular flexibility index (Phi) is 6.18. The number of para-hydroxylation sites is 4. The van der Waals surface area contributed by atoms with E-state index in [1.54, 1.807) is 0 Å². The van der Waals surface area contributed by atoms with Crippen molar-refractivity contribution in [2.45, 2.75) is 52.4 Å². The molecule has 7 heteroatoms. The van der Waals surface area contributed by atoms with E-state index < -0.39 is 0 Å². The molecule has 59 heavy (non-hydrogen) atoms. The maximum Gasteiger partial charge on any atom is 0.252 e. The van der Waals surface area contributed by atoms with E-state index in [9.17, 15) is 0 Å². The molecule has 0 amide bonds. The van der Waals surface area contributed by atoms with E-state index in [4.69, 9.17) is 9.97 Å². The summed E-state index contributed by atoms with van der Waals surface area (Å²) in [5.74, 6) is 2.13. The number of fused-ring (bicyclic) bond motifs is 12. The average molecular weight is 761 g/mol. The van der Waals surface area contributed by atoms with Gasteiger partial charge in [0.05, 0.1) is 33.1 Å². The van der Waals surface area contributed by atoms with E-state index >= 15 is 0 Å². The molecule has 0 saturated carbocycles. The fraction of sp³-hybridized carbons (Fsp3) is 0.154. The van der Waals surface area contributed by atoms with Crippen LogP contribution in [0.1, 0.15) is 53.2 Å². The molecule has 0 radical (unpaired) electrons. The summed E-state index contributed by atoms with van der Waals surface area (Å²) in [6.45, 7) is 13.8. The van der Waals surface area contributed by atoms with Crippen LogP contribution in [-0.4, -0.2) is 34.9 Å². The molecular weight excluding hydrogens is 719 g/mol. The number of nitrogens with zero attached hydrogens (tertiary/aromatic N) is 6. The van der Waals surface area contributed by atoms with Gasteiger partial charge in [0, 0.05) is 55.1 Å². The number of hydrogen-bond donors (Lipinski definition) is 0. The number of rotatable bonds is 2. The number of imidazole rings is 2. The van der Waals surface area contributed by atoms with Gasteiger partial charge in [-0.1, -0.05) is 133 Å². The zero-order valence-electron chi connectivity index (χ0n) is 34.0. The summed E-state index contributed by atoms with van der Waals surface area (Å²) in [6.07, 6.45) is 0. The highest BCUT2D eigenvalue weighted by Gasteiger charge is 2.45. The molecular formula is C52H41BN6. The van der Waals surface area contributed by atoms with Crippen molar-refractivity contribution in [1.29, 1.82) is 0 Å². The smallest absolute Gasteiger partial charge is 0.252 e. The topological polar surface area (TPSA) is 45.5 Å². The predicted octanol–water partition coefficient (Wildman–Crippen LogP) is 10.3. The first-order valence-electron chi connectivity index (χ1n) is 20.8. The zero-order valence-corrected chi connectivity index (χ0v) is 34.0. The van der Waals surface area contributed by atoms with Crippen molar-refractivity contribution >= 4 is 88.8 Å². The van der Waals surface area contributed by atoms with E-state index in [0.29, 0.717) is 0 Å². The largest absolute Gasteiger partial charge is 0.307 e. The van der Waals surface area contributed by atoms with Crippen LogP contribution in [0.2, 0.25) is 0 Å². The van der Waals surface area contributed by atoms with Crippen LogP contribution in [0.15, 0.2) is 140 Å². The van der Waals surface area contributed by atoms with Crippen LogP contribution in [0, 0.1) is 0 Å². The van der Waals surface area contributed by atoms with Crippen LogP contribution in [0.5, 0.6) is 0 Å². The van der Waals surface area contributed by atoms with Crippen molar-refractivity contribution in [2.24, 2.45) is 0 Å². The average Bonchev–Trinajstić information content (AvgIpc) is 4.00. The third-order valence-electron chi connectivity index (χ3n) is 13.0. The van der Waals surface area contributed by atoms with Gasteiger partial charge in [-0.05, 0) is 64.9 Å². The fourth-order valence-corrected chi connectivity index (χ4v) is 10.8. The summed E-state index contributed by atoms with van der Waals surface area (Å²) in [5.41, 5.74) is 17.3. The molecule has 11 aromatic rings. The summed E-state index contributed by atoms with van der Waals surface area (Å²) in [5, 5.41) is 4.92. The number of aromatic nitrogens is 6. The second-order valence-corrected chi connectivity index (χ2v) is 18.7. The Hall–Kier alpha value is -6.86. The zero-order chi connectivity index (χ0) is 39.7. The second-order valence-electron chi connectivity index (χ2n) is 18.7. The van der Waals surface area contributed by atoms with Crippen LogP contribution in [0.4, 0.5) is 0 Å². The summed E-state index contributed by atoms with van der Waals surface area (Å²) >= 11 is 0. The quantitative estimate of drug-likeness (QED) is 0.165. The lowest BCUT2D eigenvalue weighted by molar-refractivity contribution is 0.538. The van der Waals surface area contributed by atoms with Crippen molar-refractivity contribution in [3.63, 3.8) is 0 Å². The van der Waals surface area contributed by atoms with Gasteiger partial charge in [0.2, 0.25) is 0 Å². The monoisotopic (exact) mass is 760 g/mol. The summed E-state index contributed by atoms with van der Waals surface area (Å²) < 4.78 is 9.91. The third kappa shape index (κ3) is 4.12. The third-order valence-corrected chi connectivity index (χ3v) is 13.0. The van der Waals surface area contributed by atoms with Crippen molar-refractivity contribution in [1.82, 2.24) is 28.2 Å². The standard InChI is InChI=1S/C52H41BN6/c1-51(2,3)49-54-43-45-34(32-22-13-15-24-38(32)56(45)30-18-9-7-10-19-30)28-36-47(43)58(49)40-26-17-27-41-42(40)53(36)37-29-35-33-23-14-16-25-39(33)57(31-20-11-8-12-21-31)46(35)44-48(37)59(41)50(55-44)52(4,5)6/h7-29H,1-6H3. The maximum atomic E-state index is 5.77. The van der Waals surface area contributed by atoms with Gasteiger partial charge in [0.1, 0.15) is 22.7 Å². The van der Waals surface area contributed by atoms with Crippen molar-refractivity contribution in [2.75, 3.05) is 0 Å². The van der Waals surface area contributed by atoms with E-state index in [2.05, 4.69) is 199 Å². The molecule has 2 aliphatic heterocycles. The first-order chi connectivity index (χ1) is 28.6. The Morgan fingerprint density at radius 1 is 0.407 bits per heavy atom. The molecule has 7 aromatic carbocycles. The Labute approximate surface area is 342 Å². The van der Waals surface area contributed by atoms with Crippen LogP contribution in [0.25, 0.3) is 88.4 Å². The van der Waals surface area contributed by atoms with E-state index in [1.165, 1.54) is 71.4 Å². The van der Waals surface area contributed by atoms with Crippen molar-refractivity contribution in [3.8, 4) is 22.7 Å². The van der Waals surface area contributed by atoms with Gasteiger partial charge < -0.3 is 9.13 Å². The molecule has 0 saturated heterocycles. The highest BCUT2D eigenvalue weighted by atomic mass is 15.2. The normalized spacial score (nSPS) is 13.6.